The van der Waals surface area contributed by atoms with Gasteiger partial charge in [0.15, 0.2) is 0 Å². The molecule has 1 aliphatic carbocycles. The molecule has 4 rings (SSSR count). The fraction of sp³-hybridized carbons (Fsp3) is 0.577. The van der Waals surface area contributed by atoms with E-state index in [1.54, 1.807) is 0 Å². The van der Waals surface area contributed by atoms with Crippen LogP contribution in [0.3, 0.4) is 0 Å². The summed E-state index contributed by atoms with van der Waals surface area (Å²) in [5.74, 6) is 0.289. The van der Waals surface area contributed by atoms with Crippen molar-refractivity contribution in [2.75, 3.05) is 39.0 Å². The highest BCUT2D eigenvalue weighted by Gasteiger charge is 2.45. The maximum Gasteiger partial charge on any atom is 0.416 e. The van der Waals surface area contributed by atoms with E-state index < -0.39 is 17.8 Å². The van der Waals surface area contributed by atoms with Crippen LogP contribution in [-0.2, 0) is 10.9 Å². The number of alkyl halides is 3. The molecule has 1 fully saturated rings. The average Bonchev–Trinajstić information content (AvgIpc) is 2.84. The molecule has 1 saturated heterocycles. The summed E-state index contributed by atoms with van der Waals surface area (Å²) in [4.78, 5) is 14.2. The van der Waals surface area contributed by atoms with Crippen molar-refractivity contribution >= 4 is 11.7 Å². The number of urea groups is 1. The van der Waals surface area contributed by atoms with Gasteiger partial charge in [-0.1, -0.05) is 24.3 Å². The van der Waals surface area contributed by atoms with Crippen molar-refractivity contribution in [2.24, 2.45) is 11.8 Å². The summed E-state index contributed by atoms with van der Waals surface area (Å²) < 4.78 is 46.8. The molecule has 2 aliphatic heterocycles. The highest BCUT2D eigenvalue weighted by Crippen LogP contribution is 2.49. The van der Waals surface area contributed by atoms with E-state index in [9.17, 15) is 18.0 Å². The smallest absolute Gasteiger partial charge is 0.381 e. The van der Waals surface area contributed by atoms with E-state index in [-0.39, 0.29) is 30.0 Å². The van der Waals surface area contributed by atoms with Crippen LogP contribution < -0.4 is 16.0 Å². The van der Waals surface area contributed by atoms with Crippen LogP contribution in [0.1, 0.15) is 42.9 Å². The Labute approximate surface area is 205 Å². The molecular formula is C26H35F3N4O2. The molecule has 0 aromatic heterocycles. The van der Waals surface area contributed by atoms with Crippen LogP contribution in [-0.4, -0.2) is 56.8 Å². The molecule has 3 aliphatic rings. The number of carbonyl (C=O) groups is 1. The second-order valence-corrected chi connectivity index (χ2v) is 9.90. The highest BCUT2D eigenvalue weighted by atomic mass is 19.4. The third kappa shape index (κ3) is 6.38. The third-order valence-electron chi connectivity index (χ3n) is 7.05. The Kier molecular flexibility index (Phi) is 8.06. The molecule has 3 N–H and O–H groups in total. The lowest BCUT2D eigenvalue weighted by Crippen LogP contribution is -2.49. The fourth-order valence-electron chi connectivity index (χ4n) is 5.28. The number of amides is 2. The van der Waals surface area contributed by atoms with Crippen molar-refractivity contribution in [1.29, 1.82) is 0 Å². The summed E-state index contributed by atoms with van der Waals surface area (Å²) >= 11 is 0. The number of anilines is 1. The average molecular weight is 493 g/mol. The number of halogens is 3. The fourth-order valence-corrected chi connectivity index (χ4v) is 5.28. The Balaban J connectivity index is 1.45. The predicted molar refractivity (Wildman–Crippen MR) is 130 cm³/mol. The molecule has 2 heterocycles. The lowest BCUT2D eigenvalue weighted by atomic mass is 9.73. The van der Waals surface area contributed by atoms with E-state index in [0.717, 1.165) is 38.3 Å². The molecule has 192 valence electrons. The van der Waals surface area contributed by atoms with E-state index in [1.165, 1.54) is 12.1 Å². The van der Waals surface area contributed by atoms with E-state index in [2.05, 4.69) is 33.0 Å². The molecule has 1 unspecified atom stereocenters. The summed E-state index contributed by atoms with van der Waals surface area (Å²) in [6.45, 7) is 1.78. The number of nitrogens with one attached hydrogen (secondary N) is 3. The number of carbonyl (C=O) groups excluding carboxylic acids is 1. The number of hydrogen-bond acceptors (Lipinski definition) is 4. The van der Waals surface area contributed by atoms with E-state index in [4.69, 9.17) is 4.74 Å². The molecule has 0 spiro atoms. The predicted octanol–water partition coefficient (Wildman–Crippen LogP) is 4.72. The van der Waals surface area contributed by atoms with Gasteiger partial charge < -0.3 is 25.6 Å². The van der Waals surface area contributed by atoms with Crippen molar-refractivity contribution in [3.63, 3.8) is 0 Å². The minimum Gasteiger partial charge on any atom is -0.381 e. The van der Waals surface area contributed by atoms with Gasteiger partial charge in [-0.3, -0.25) is 0 Å². The van der Waals surface area contributed by atoms with Crippen LogP contribution in [0, 0.1) is 11.8 Å². The van der Waals surface area contributed by atoms with Gasteiger partial charge in [0.1, 0.15) is 0 Å². The van der Waals surface area contributed by atoms with Gasteiger partial charge >= 0.3 is 12.2 Å². The summed E-state index contributed by atoms with van der Waals surface area (Å²) in [6.07, 6.45) is 6.48. The number of ether oxygens (including phenoxy) is 1. The lowest BCUT2D eigenvalue weighted by molar-refractivity contribution is -0.138. The molecular weight excluding hydrogens is 457 g/mol. The Morgan fingerprint density at radius 3 is 2.74 bits per heavy atom. The van der Waals surface area contributed by atoms with Crippen molar-refractivity contribution in [1.82, 2.24) is 15.5 Å². The Morgan fingerprint density at radius 2 is 2.03 bits per heavy atom. The second-order valence-electron chi connectivity index (χ2n) is 9.90. The first-order chi connectivity index (χ1) is 16.7. The zero-order valence-electron chi connectivity index (χ0n) is 20.3. The molecule has 1 aromatic carbocycles. The summed E-state index contributed by atoms with van der Waals surface area (Å²) in [6, 6.07) is 3.69. The van der Waals surface area contributed by atoms with Crippen molar-refractivity contribution in [3.05, 3.63) is 53.6 Å². The molecule has 0 saturated carbocycles. The van der Waals surface area contributed by atoms with Crippen molar-refractivity contribution < 1.29 is 22.7 Å². The third-order valence-corrected chi connectivity index (χ3v) is 7.05. The minimum atomic E-state index is -4.42. The van der Waals surface area contributed by atoms with Gasteiger partial charge in [-0.05, 0) is 64.5 Å². The molecule has 9 heteroatoms. The summed E-state index contributed by atoms with van der Waals surface area (Å²) in [5.41, 5.74) is 0.574. The van der Waals surface area contributed by atoms with Crippen molar-refractivity contribution in [2.45, 2.75) is 50.1 Å². The Bertz CT molecular complexity index is 947. The number of rotatable bonds is 7. The largest absolute Gasteiger partial charge is 0.416 e. The SMILES string of the molecule is CN(C)CCCNC(=O)NC[C@H]1CC[C@@H]2[C@H](O1)c1cc(C(F)(F)F)ccc1N[C@H]2C1C=CC=CC1. The van der Waals surface area contributed by atoms with E-state index in [1.807, 2.05) is 26.2 Å². The van der Waals surface area contributed by atoms with Crippen LogP contribution in [0.2, 0.25) is 0 Å². The van der Waals surface area contributed by atoms with Gasteiger partial charge in [0.05, 0.1) is 17.8 Å². The first kappa shape index (κ1) is 25.6. The quantitative estimate of drug-likeness (QED) is 0.482. The molecule has 35 heavy (non-hydrogen) atoms. The van der Waals surface area contributed by atoms with Gasteiger partial charge in [-0.15, -0.1) is 0 Å². The Hall–Kier alpha value is -2.52. The van der Waals surface area contributed by atoms with Crippen LogP contribution >= 0.6 is 0 Å². The first-order valence-corrected chi connectivity index (χ1v) is 12.4. The molecule has 5 atom stereocenters. The van der Waals surface area contributed by atoms with Gasteiger partial charge in [0.2, 0.25) is 0 Å². The van der Waals surface area contributed by atoms with Crippen LogP contribution in [0.5, 0.6) is 0 Å². The molecule has 6 nitrogen and oxygen atoms in total. The van der Waals surface area contributed by atoms with Crippen LogP contribution in [0.15, 0.2) is 42.5 Å². The standard InChI is InChI=1S/C26H35F3N4O2/c1-33(2)14-6-13-30-25(34)31-16-19-10-11-20-23(17-7-4-3-5-8-17)32-22-12-9-18(26(27,28)29)15-21(22)24(20)35-19/h3-5,7,9,12,15,17,19-20,23-24,32H,6,8,10-11,13-14,16H2,1-2H3,(H2,30,31,34)/t17?,19-,20+,23+,24+/m1/s1. The summed E-state index contributed by atoms with van der Waals surface area (Å²) in [5, 5.41) is 9.24. The molecule has 0 bridgehead atoms. The maximum atomic E-state index is 13.5. The normalized spacial score (nSPS) is 27.7. The van der Waals surface area contributed by atoms with Crippen LogP contribution in [0.4, 0.5) is 23.7 Å². The minimum absolute atomic E-state index is 0.0447. The highest BCUT2D eigenvalue weighted by molar-refractivity contribution is 5.73. The first-order valence-electron chi connectivity index (χ1n) is 12.4. The Morgan fingerprint density at radius 1 is 1.20 bits per heavy atom. The van der Waals surface area contributed by atoms with Gasteiger partial charge in [0.25, 0.3) is 0 Å². The zero-order chi connectivity index (χ0) is 25.0. The number of benzene rings is 1. The molecule has 1 aromatic rings. The van der Waals surface area contributed by atoms with Crippen molar-refractivity contribution in [3.8, 4) is 0 Å². The molecule has 0 radical (unpaired) electrons. The van der Waals surface area contributed by atoms with E-state index >= 15 is 0 Å². The topological polar surface area (TPSA) is 65.6 Å². The van der Waals surface area contributed by atoms with E-state index in [0.29, 0.717) is 24.3 Å². The zero-order valence-corrected chi connectivity index (χ0v) is 20.3. The number of hydrogen-bond donors (Lipinski definition) is 3. The van der Waals surface area contributed by atoms with Gasteiger partial charge in [-0.2, -0.15) is 13.2 Å². The monoisotopic (exact) mass is 492 g/mol. The maximum absolute atomic E-state index is 13.5. The van der Waals surface area contributed by atoms with Gasteiger partial charge in [-0.25, -0.2) is 4.79 Å². The number of fused-ring (bicyclic) bond motifs is 3. The second kappa shape index (κ2) is 11.0. The summed E-state index contributed by atoms with van der Waals surface area (Å²) in [7, 11) is 3.96. The van der Waals surface area contributed by atoms with Gasteiger partial charge in [0, 0.05) is 42.2 Å². The number of allylic oxidation sites excluding steroid dienone is 3. The lowest BCUT2D eigenvalue weighted by Gasteiger charge is -2.47. The van der Waals surface area contributed by atoms with Crippen LogP contribution in [0.25, 0.3) is 0 Å². The molecule has 2 amide bonds. The number of nitrogens with zero attached hydrogens (tertiary/aromatic N) is 1.